The van der Waals surface area contributed by atoms with E-state index in [1.54, 1.807) is 12.1 Å². The number of benzene rings is 1. The molecule has 0 radical (unpaired) electrons. The Morgan fingerprint density at radius 3 is 3.08 bits per heavy atom. The molecule has 0 spiro atoms. The maximum Gasteiger partial charge on any atom is 0.274 e. The topological polar surface area (TPSA) is 66.3 Å². The fourth-order valence-corrected chi connectivity index (χ4v) is 3.43. The third kappa shape index (κ3) is 2.82. The lowest BCUT2D eigenvalue weighted by Crippen LogP contribution is -2.33. The Balaban J connectivity index is 1.64. The Morgan fingerprint density at radius 1 is 1.29 bits per heavy atom. The van der Waals surface area contributed by atoms with E-state index in [1.165, 1.54) is 23.0 Å². The highest BCUT2D eigenvalue weighted by Gasteiger charge is 2.25. The first-order chi connectivity index (χ1) is 11.7. The number of rotatable bonds is 3. The molecule has 7 heteroatoms. The van der Waals surface area contributed by atoms with Crippen molar-refractivity contribution in [2.24, 2.45) is 0 Å². The van der Waals surface area contributed by atoms with Crippen molar-refractivity contribution in [3.05, 3.63) is 64.1 Å². The van der Waals surface area contributed by atoms with Crippen LogP contribution in [-0.4, -0.2) is 31.0 Å². The molecular formula is C17H18FN5O. The Labute approximate surface area is 138 Å². The van der Waals surface area contributed by atoms with E-state index >= 15 is 0 Å². The van der Waals surface area contributed by atoms with E-state index in [1.807, 2.05) is 6.07 Å². The number of fused-ring (bicyclic) bond motifs is 1. The van der Waals surface area contributed by atoms with E-state index in [0.717, 1.165) is 31.4 Å². The molecule has 1 aliphatic heterocycles. The minimum Gasteiger partial charge on any atom is -0.291 e. The van der Waals surface area contributed by atoms with E-state index < -0.39 is 0 Å². The van der Waals surface area contributed by atoms with Gasteiger partial charge in [0.2, 0.25) is 0 Å². The number of hydrogen-bond acceptors (Lipinski definition) is 4. The van der Waals surface area contributed by atoms with E-state index in [4.69, 9.17) is 0 Å². The molecule has 0 unspecified atom stereocenters. The van der Waals surface area contributed by atoms with Gasteiger partial charge in [0.25, 0.3) is 11.3 Å². The standard InChI is InChI=1S/C17H18FN5O/c18-13-5-3-4-12(8-13)15-6-1-2-7-22(15)10-14-9-16(24)23-17(21-14)19-11-20-23/h3-5,8-9,11,15H,1-2,6-7,10H2,(H,19,20,21)/t15-/m1/s1. The van der Waals surface area contributed by atoms with Crippen LogP contribution in [0, 0.1) is 5.82 Å². The molecule has 1 atom stereocenters. The summed E-state index contributed by atoms with van der Waals surface area (Å²) >= 11 is 0. The lowest BCUT2D eigenvalue weighted by molar-refractivity contribution is 0.138. The van der Waals surface area contributed by atoms with Crippen LogP contribution in [0.4, 0.5) is 4.39 Å². The SMILES string of the molecule is O=c1cc(CN2CCCC[C@@H]2c2cccc(F)c2)nc2nc[nH]n12. The molecule has 1 N–H and O–H groups in total. The molecule has 3 heterocycles. The van der Waals surface area contributed by atoms with Crippen LogP contribution in [0.3, 0.4) is 0 Å². The first-order valence-electron chi connectivity index (χ1n) is 8.12. The van der Waals surface area contributed by atoms with Crippen molar-refractivity contribution in [3.8, 4) is 0 Å². The molecule has 1 fully saturated rings. The molecule has 0 aliphatic carbocycles. The van der Waals surface area contributed by atoms with Crippen molar-refractivity contribution < 1.29 is 4.39 Å². The van der Waals surface area contributed by atoms with Crippen LogP contribution in [-0.2, 0) is 6.54 Å². The quantitative estimate of drug-likeness (QED) is 0.801. The van der Waals surface area contributed by atoms with Gasteiger partial charge in [-0.15, -0.1) is 0 Å². The number of likely N-dealkylation sites (tertiary alicyclic amines) is 1. The Hall–Kier alpha value is -2.54. The average molecular weight is 327 g/mol. The second-order valence-electron chi connectivity index (χ2n) is 6.15. The molecule has 3 aromatic rings. The van der Waals surface area contributed by atoms with Crippen molar-refractivity contribution in [1.82, 2.24) is 24.5 Å². The molecule has 1 saturated heterocycles. The largest absolute Gasteiger partial charge is 0.291 e. The number of nitrogens with zero attached hydrogens (tertiary/aromatic N) is 4. The van der Waals surface area contributed by atoms with Crippen molar-refractivity contribution in [2.45, 2.75) is 31.8 Å². The number of aromatic nitrogens is 4. The van der Waals surface area contributed by atoms with Gasteiger partial charge in [-0.05, 0) is 37.1 Å². The van der Waals surface area contributed by atoms with Crippen LogP contribution in [0.2, 0.25) is 0 Å². The van der Waals surface area contributed by atoms with Crippen molar-refractivity contribution in [3.63, 3.8) is 0 Å². The number of H-pyrrole nitrogens is 1. The van der Waals surface area contributed by atoms with Crippen LogP contribution in [0.1, 0.15) is 36.6 Å². The van der Waals surface area contributed by atoms with Gasteiger partial charge in [0.15, 0.2) is 0 Å². The molecule has 124 valence electrons. The highest BCUT2D eigenvalue weighted by Crippen LogP contribution is 2.32. The first kappa shape index (κ1) is 15.0. The minimum atomic E-state index is -0.215. The lowest BCUT2D eigenvalue weighted by Gasteiger charge is -2.35. The minimum absolute atomic E-state index is 0.147. The Morgan fingerprint density at radius 2 is 2.21 bits per heavy atom. The molecule has 0 bridgehead atoms. The molecule has 0 amide bonds. The Bertz CT molecular complexity index is 918. The Kier molecular flexibility index (Phi) is 3.86. The van der Waals surface area contributed by atoms with Gasteiger partial charge in [-0.25, -0.2) is 14.4 Å². The van der Waals surface area contributed by atoms with E-state index in [9.17, 15) is 9.18 Å². The molecule has 1 aromatic carbocycles. The maximum atomic E-state index is 13.6. The van der Waals surface area contributed by atoms with Crippen molar-refractivity contribution in [2.75, 3.05) is 6.54 Å². The molecule has 1 aliphatic rings. The third-order valence-corrected chi connectivity index (χ3v) is 4.53. The van der Waals surface area contributed by atoms with Gasteiger partial charge in [0, 0.05) is 18.7 Å². The zero-order valence-corrected chi connectivity index (χ0v) is 13.2. The molecular weight excluding hydrogens is 309 g/mol. The smallest absolute Gasteiger partial charge is 0.274 e. The second kappa shape index (κ2) is 6.16. The predicted octanol–water partition coefficient (Wildman–Crippen LogP) is 2.28. The number of aromatic amines is 1. The second-order valence-corrected chi connectivity index (χ2v) is 6.15. The lowest BCUT2D eigenvalue weighted by atomic mass is 9.95. The van der Waals surface area contributed by atoms with Crippen LogP contribution in [0.25, 0.3) is 5.78 Å². The maximum absolute atomic E-state index is 13.6. The van der Waals surface area contributed by atoms with Crippen molar-refractivity contribution in [1.29, 1.82) is 0 Å². The van der Waals surface area contributed by atoms with Gasteiger partial charge in [-0.1, -0.05) is 18.6 Å². The number of halogens is 1. The summed E-state index contributed by atoms with van der Waals surface area (Å²) in [7, 11) is 0. The van der Waals surface area contributed by atoms with E-state index in [-0.39, 0.29) is 17.4 Å². The van der Waals surface area contributed by atoms with Crippen molar-refractivity contribution >= 4 is 5.78 Å². The summed E-state index contributed by atoms with van der Waals surface area (Å²) in [5.41, 5.74) is 1.49. The molecule has 4 rings (SSSR count). The van der Waals surface area contributed by atoms with Gasteiger partial charge in [0.1, 0.15) is 12.1 Å². The summed E-state index contributed by atoms with van der Waals surface area (Å²) in [5, 5.41) is 2.73. The summed E-state index contributed by atoms with van der Waals surface area (Å²) in [4.78, 5) is 22.8. The summed E-state index contributed by atoms with van der Waals surface area (Å²) in [6, 6.07) is 8.45. The van der Waals surface area contributed by atoms with Gasteiger partial charge in [-0.2, -0.15) is 4.52 Å². The van der Waals surface area contributed by atoms with Crippen LogP contribution in [0.5, 0.6) is 0 Å². The average Bonchev–Trinajstić information content (AvgIpc) is 3.04. The number of piperidine rings is 1. The van der Waals surface area contributed by atoms with Gasteiger partial charge >= 0.3 is 0 Å². The normalized spacial score (nSPS) is 19.0. The monoisotopic (exact) mass is 327 g/mol. The van der Waals surface area contributed by atoms with E-state index in [0.29, 0.717) is 18.0 Å². The van der Waals surface area contributed by atoms with Gasteiger partial charge < -0.3 is 0 Å². The summed E-state index contributed by atoms with van der Waals surface area (Å²) < 4.78 is 14.9. The first-order valence-corrected chi connectivity index (χ1v) is 8.12. The van der Waals surface area contributed by atoms with E-state index in [2.05, 4.69) is 20.0 Å². The van der Waals surface area contributed by atoms with Gasteiger partial charge in [-0.3, -0.25) is 14.8 Å². The molecule has 6 nitrogen and oxygen atoms in total. The number of nitrogens with one attached hydrogen (secondary N) is 1. The molecule has 0 saturated carbocycles. The fourth-order valence-electron chi connectivity index (χ4n) is 3.43. The van der Waals surface area contributed by atoms with Crippen LogP contribution in [0.15, 0.2) is 41.5 Å². The third-order valence-electron chi connectivity index (χ3n) is 4.53. The molecule has 2 aromatic heterocycles. The fraction of sp³-hybridized carbons (Fsp3) is 0.353. The predicted molar refractivity (Wildman–Crippen MR) is 87.0 cm³/mol. The highest BCUT2D eigenvalue weighted by molar-refractivity contribution is 5.26. The molecule has 24 heavy (non-hydrogen) atoms. The van der Waals surface area contributed by atoms with Gasteiger partial charge in [0.05, 0.1) is 5.69 Å². The zero-order valence-electron chi connectivity index (χ0n) is 13.2. The van der Waals surface area contributed by atoms with Crippen LogP contribution >= 0.6 is 0 Å². The summed E-state index contributed by atoms with van der Waals surface area (Å²) in [5.74, 6) is 0.157. The summed E-state index contributed by atoms with van der Waals surface area (Å²) in [6.45, 7) is 1.46. The zero-order chi connectivity index (χ0) is 16.5. The highest BCUT2D eigenvalue weighted by atomic mass is 19.1. The summed E-state index contributed by atoms with van der Waals surface area (Å²) in [6.07, 6.45) is 4.64. The number of hydrogen-bond donors (Lipinski definition) is 1. The van der Waals surface area contributed by atoms with Crippen LogP contribution < -0.4 is 5.56 Å².